The molecule has 2 unspecified atom stereocenters. The number of hydrogen-bond acceptors (Lipinski definition) is 2. The number of aromatic nitrogens is 1. The van der Waals surface area contributed by atoms with Crippen molar-refractivity contribution in [2.45, 2.75) is 31.6 Å². The highest BCUT2D eigenvalue weighted by molar-refractivity contribution is 5.74. The number of pyridine rings is 1. The van der Waals surface area contributed by atoms with Crippen molar-refractivity contribution in [2.75, 3.05) is 0 Å². The molecule has 24 heavy (non-hydrogen) atoms. The number of carbonyl (C=O) groups is 1. The van der Waals surface area contributed by atoms with Crippen LogP contribution in [0.4, 0.5) is 18.0 Å². The van der Waals surface area contributed by atoms with Crippen LogP contribution in [-0.4, -0.2) is 23.2 Å². The zero-order valence-corrected chi connectivity index (χ0v) is 13.0. The van der Waals surface area contributed by atoms with E-state index < -0.39 is 24.3 Å². The van der Waals surface area contributed by atoms with Gasteiger partial charge < -0.3 is 10.6 Å². The fraction of sp³-hybridized carbons (Fsp3) is 0.294. The minimum atomic E-state index is -4.53. The summed E-state index contributed by atoms with van der Waals surface area (Å²) in [6.07, 6.45) is -1.74. The second-order valence-electron chi connectivity index (χ2n) is 5.40. The maximum atomic E-state index is 13.2. The van der Waals surface area contributed by atoms with E-state index in [0.29, 0.717) is 5.56 Å². The molecule has 0 radical (unpaired) electrons. The van der Waals surface area contributed by atoms with E-state index in [2.05, 4.69) is 10.3 Å². The molecule has 1 heterocycles. The van der Waals surface area contributed by atoms with Crippen LogP contribution in [0.5, 0.6) is 0 Å². The zero-order valence-electron chi connectivity index (χ0n) is 13.0. The molecular formula is C17H18F3N3O. The van der Waals surface area contributed by atoms with Gasteiger partial charge in [-0.2, -0.15) is 13.2 Å². The molecule has 0 aliphatic rings. The Hall–Kier alpha value is -2.57. The highest BCUT2D eigenvalue weighted by Gasteiger charge is 2.40. The number of rotatable bonds is 5. The Bertz CT molecular complexity index is 647. The predicted octanol–water partition coefficient (Wildman–Crippen LogP) is 3.62. The van der Waals surface area contributed by atoms with Gasteiger partial charge >= 0.3 is 12.2 Å². The molecular weight excluding hydrogens is 319 g/mol. The first-order chi connectivity index (χ1) is 11.4. The number of carbonyl (C=O) groups excluding carboxylic acids is 1. The summed E-state index contributed by atoms with van der Waals surface area (Å²) in [6, 6.07) is 8.37. The third kappa shape index (κ3) is 5.26. The van der Waals surface area contributed by atoms with Crippen molar-refractivity contribution >= 4 is 6.03 Å². The number of amides is 2. The monoisotopic (exact) mass is 337 g/mol. The van der Waals surface area contributed by atoms with Crippen molar-refractivity contribution in [1.29, 1.82) is 0 Å². The molecule has 0 fully saturated rings. The predicted molar refractivity (Wildman–Crippen MR) is 84.3 cm³/mol. The number of nitrogens with zero attached hydrogens (tertiary/aromatic N) is 1. The summed E-state index contributed by atoms with van der Waals surface area (Å²) in [5, 5.41) is 4.52. The van der Waals surface area contributed by atoms with Crippen LogP contribution in [0.3, 0.4) is 0 Å². The largest absolute Gasteiger partial charge is 0.408 e. The van der Waals surface area contributed by atoms with Gasteiger partial charge in [0.25, 0.3) is 0 Å². The number of halogens is 3. The molecule has 0 spiro atoms. The second kappa shape index (κ2) is 7.81. The lowest BCUT2D eigenvalue weighted by Gasteiger charge is -2.23. The zero-order chi connectivity index (χ0) is 17.6. The number of urea groups is 1. The van der Waals surface area contributed by atoms with Crippen LogP contribution in [0.25, 0.3) is 0 Å². The molecule has 2 N–H and O–H groups in total. The molecule has 0 saturated carbocycles. The molecule has 2 aromatic rings. The van der Waals surface area contributed by atoms with Gasteiger partial charge in [0, 0.05) is 18.8 Å². The molecule has 0 aliphatic heterocycles. The summed E-state index contributed by atoms with van der Waals surface area (Å²) < 4.78 is 39.5. The average molecular weight is 337 g/mol. The first-order valence-electron chi connectivity index (χ1n) is 7.44. The van der Waals surface area contributed by atoms with E-state index >= 15 is 0 Å². The van der Waals surface area contributed by atoms with E-state index in [9.17, 15) is 18.0 Å². The number of nitrogens with one attached hydrogen (secondary N) is 2. The maximum Gasteiger partial charge on any atom is 0.408 e. The molecule has 2 amide bonds. The third-order valence-electron chi connectivity index (χ3n) is 3.54. The van der Waals surface area contributed by atoms with Gasteiger partial charge in [0.2, 0.25) is 0 Å². The van der Waals surface area contributed by atoms with Crippen molar-refractivity contribution in [3.05, 3.63) is 66.0 Å². The Labute approximate surface area is 138 Å². The van der Waals surface area contributed by atoms with Gasteiger partial charge in [-0.05, 0) is 30.2 Å². The third-order valence-corrected chi connectivity index (χ3v) is 3.54. The number of benzene rings is 1. The van der Waals surface area contributed by atoms with E-state index in [-0.39, 0.29) is 6.42 Å². The van der Waals surface area contributed by atoms with Crippen LogP contribution in [0, 0.1) is 0 Å². The normalized spacial score (nSPS) is 13.8. The van der Waals surface area contributed by atoms with Crippen LogP contribution in [0.2, 0.25) is 0 Å². The summed E-state index contributed by atoms with van der Waals surface area (Å²) in [4.78, 5) is 15.8. The van der Waals surface area contributed by atoms with Crippen LogP contribution >= 0.6 is 0 Å². The molecule has 2 rings (SSSR count). The summed E-state index contributed by atoms with van der Waals surface area (Å²) in [6.45, 7) is 1.69. The van der Waals surface area contributed by atoms with Crippen LogP contribution < -0.4 is 10.6 Å². The summed E-state index contributed by atoms with van der Waals surface area (Å²) in [5.41, 5.74) is 1.26. The molecule has 7 heteroatoms. The van der Waals surface area contributed by atoms with Crippen molar-refractivity contribution in [1.82, 2.24) is 15.6 Å². The average Bonchev–Trinajstić information content (AvgIpc) is 2.55. The Morgan fingerprint density at radius 3 is 2.29 bits per heavy atom. The summed E-state index contributed by atoms with van der Waals surface area (Å²) in [5.74, 6) is 0. The quantitative estimate of drug-likeness (QED) is 0.876. The van der Waals surface area contributed by atoms with Crippen molar-refractivity contribution in [2.24, 2.45) is 0 Å². The number of alkyl halides is 3. The van der Waals surface area contributed by atoms with E-state index in [1.54, 1.807) is 61.8 Å². The molecule has 1 aromatic heterocycles. The summed E-state index contributed by atoms with van der Waals surface area (Å²) >= 11 is 0. The van der Waals surface area contributed by atoms with Crippen molar-refractivity contribution in [3.8, 4) is 0 Å². The van der Waals surface area contributed by atoms with Crippen molar-refractivity contribution < 1.29 is 18.0 Å². The van der Waals surface area contributed by atoms with Gasteiger partial charge in [-0.1, -0.05) is 30.3 Å². The van der Waals surface area contributed by atoms with Gasteiger partial charge in [0.05, 0.1) is 6.04 Å². The molecule has 1 aromatic carbocycles. The van der Waals surface area contributed by atoms with Crippen molar-refractivity contribution in [3.63, 3.8) is 0 Å². The second-order valence-corrected chi connectivity index (χ2v) is 5.40. The van der Waals surface area contributed by atoms with E-state index in [1.807, 2.05) is 5.32 Å². The lowest BCUT2D eigenvalue weighted by molar-refractivity contribution is -0.152. The summed E-state index contributed by atoms with van der Waals surface area (Å²) in [7, 11) is 0. The molecule has 0 saturated heterocycles. The Balaban J connectivity index is 2.00. The fourth-order valence-electron chi connectivity index (χ4n) is 2.23. The van der Waals surface area contributed by atoms with E-state index in [4.69, 9.17) is 0 Å². The van der Waals surface area contributed by atoms with E-state index in [1.165, 1.54) is 0 Å². The minimum absolute atomic E-state index is 0.318. The van der Waals surface area contributed by atoms with E-state index in [0.717, 1.165) is 5.56 Å². The van der Waals surface area contributed by atoms with Crippen LogP contribution in [0.15, 0.2) is 54.9 Å². The SMILES string of the molecule is CC(NC(=O)NC(Cc1ccccc1)C(F)(F)F)c1ccncc1. The fourth-order valence-corrected chi connectivity index (χ4v) is 2.23. The Morgan fingerprint density at radius 2 is 1.71 bits per heavy atom. The first-order valence-corrected chi connectivity index (χ1v) is 7.44. The lowest BCUT2D eigenvalue weighted by atomic mass is 10.1. The van der Waals surface area contributed by atoms with Gasteiger partial charge in [0.1, 0.15) is 6.04 Å². The molecule has 128 valence electrons. The minimum Gasteiger partial charge on any atom is -0.332 e. The van der Waals surface area contributed by atoms with Gasteiger partial charge in [-0.25, -0.2) is 4.79 Å². The standard InChI is InChI=1S/C17H18F3N3O/c1-12(14-7-9-21-10-8-14)22-16(24)23-15(17(18,19)20)11-13-5-3-2-4-6-13/h2-10,12,15H,11H2,1H3,(H2,22,23,24). The van der Waals surface area contributed by atoms with Gasteiger partial charge in [0.15, 0.2) is 0 Å². The van der Waals surface area contributed by atoms with Gasteiger partial charge in [-0.3, -0.25) is 4.98 Å². The molecule has 0 aliphatic carbocycles. The number of hydrogen-bond donors (Lipinski definition) is 2. The highest BCUT2D eigenvalue weighted by Crippen LogP contribution is 2.23. The smallest absolute Gasteiger partial charge is 0.332 e. The Kier molecular flexibility index (Phi) is 5.78. The van der Waals surface area contributed by atoms with Gasteiger partial charge in [-0.15, -0.1) is 0 Å². The lowest BCUT2D eigenvalue weighted by Crippen LogP contribution is -2.50. The van der Waals surface area contributed by atoms with Crippen LogP contribution in [0.1, 0.15) is 24.1 Å². The van der Waals surface area contributed by atoms with Crippen LogP contribution in [-0.2, 0) is 6.42 Å². The molecule has 2 atom stereocenters. The highest BCUT2D eigenvalue weighted by atomic mass is 19.4. The first kappa shape index (κ1) is 17.8. The maximum absolute atomic E-state index is 13.2. The molecule has 0 bridgehead atoms. The Morgan fingerprint density at radius 1 is 1.08 bits per heavy atom. The topological polar surface area (TPSA) is 54.0 Å². The molecule has 4 nitrogen and oxygen atoms in total.